The number of carbonyl (C=O) groups excluding carboxylic acids is 1. The van der Waals surface area contributed by atoms with Crippen LogP contribution in [0, 0.1) is 5.92 Å². The highest BCUT2D eigenvalue weighted by molar-refractivity contribution is 5.76. The average molecular weight is 244 g/mol. The van der Waals surface area contributed by atoms with Crippen LogP contribution in [0.1, 0.15) is 19.3 Å². The summed E-state index contributed by atoms with van der Waals surface area (Å²) in [6.45, 7) is 2.67. The molecule has 5 heteroatoms. The van der Waals surface area contributed by atoms with Gasteiger partial charge in [-0.1, -0.05) is 0 Å². The summed E-state index contributed by atoms with van der Waals surface area (Å²) in [5.41, 5.74) is 0. The fourth-order valence-electron chi connectivity index (χ4n) is 2.24. The molecule has 1 saturated heterocycles. The predicted molar refractivity (Wildman–Crippen MR) is 65.6 cm³/mol. The van der Waals surface area contributed by atoms with E-state index in [-0.39, 0.29) is 19.1 Å². The molecule has 0 atom stereocenters. The Hall–Kier alpha value is -0.650. The topological polar surface area (TPSA) is 64.0 Å². The lowest BCUT2D eigenvalue weighted by Crippen LogP contribution is -2.38. The van der Waals surface area contributed by atoms with Gasteiger partial charge in [-0.2, -0.15) is 0 Å². The van der Waals surface area contributed by atoms with Crippen LogP contribution < -0.4 is 0 Å². The van der Waals surface area contributed by atoms with Gasteiger partial charge in [0.1, 0.15) is 0 Å². The summed E-state index contributed by atoms with van der Waals surface area (Å²) in [5.74, 6) is 0.515. The van der Waals surface area contributed by atoms with Gasteiger partial charge in [-0.05, 0) is 38.9 Å². The molecule has 17 heavy (non-hydrogen) atoms. The van der Waals surface area contributed by atoms with Crippen molar-refractivity contribution >= 4 is 5.91 Å². The largest absolute Gasteiger partial charge is 0.395 e. The van der Waals surface area contributed by atoms with Gasteiger partial charge in [-0.25, -0.2) is 0 Å². The van der Waals surface area contributed by atoms with Crippen LogP contribution in [0.15, 0.2) is 0 Å². The molecule has 1 heterocycles. The van der Waals surface area contributed by atoms with Crippen molar-refractivity contribution in [2.75, 3.05) is 46.4 Å². The normalized spacial score (nSPS) is 18.3. The maximum absolute atomic E-state index is 12.0. The summed E-state index contributed by atoms with van der Waals surface area (Å²) in [6.07, 6.45) is 2.68. The van der Waals surface area contributed by atoms with Gasteiger partial charge in [0.15, 0.2) is 0 Å². The standard InChI is InChI=1S/C12H24N2O3/c1-13-4-2-11(3-5-13)10-12(17)14(6-8-15)7-9-16/h11,15-16H,2-10H2,1H3. The highest BCUT2D eigenvalue weighted by Crippen LogP contribution is 2.20. The van der Waals surface area contributed by atoms with Crippen LogP contribution in [0.4, 0.5) is 0 Å². The lowest BCUT2D eigenvalue weighted by Gasteiger charge is -2.30. The highest BCUT2D eigenvalue weighted by Gasteiger charge is 2.22. The van der Waals surface area contributed by atoms with Gasteiger partial charge in [0.2, 0.25) is 5.91 Å². The molecule has 0 aromatic heterocycles. The van der Waals surface area contributed by atoms with Crippen molar-refractivity contribution in [3.63, 3.8) is 0 Å². The number of piperidine rings is 1. The second-order valence-electron chi connectivity index (χ2n) is 4.78. The Balaban J connectivity index is 2.35. The van der Waals surface area contributed by atoms with Gasteiger partial charge in [0.05, 0.1) is 13.2 Å². The van der Waals surface area contributed by atoms with E-state index in [0.717, 1.165) is 25.9 Å². The molecule has 0 unspecified atom stereocenters. The van der Waals surface area contributed by atoms with Crippen LogP contribution in [0.3, 0.4) is 0 Å². The van der Waals surface area contributed by atoms with E-state index in [0.29, 0.717) is 25.4 Å². The molecule has 0 radical (unpaired) electrons. The van der Waals surface area contributed by atoms with Crippen molar-refractivity contribution in [2.24, 2.45) is 5.92 Å². The molecule has 0 bridgehead atoms. The molecule has 0 aliphatic carbocycles. The molecule has 1 rings (SSSR count). The summed E-state index contributed by atoms with van der Waals surface area (Å²) >= 11 is 0. The molecule has 0 aromatic carbocycles. The number of hydrogen-bond acceptors (Lipinski definition) is 4. The Bertz CT molecular complexity index is 222. The molecular weight excluding hydrogens is 220 g/mol. The molecule has 1 aliphatic rings. The number of carbonyl (C=O) groups is 1. The summed E-state index contributed by atoms with van der Waals surface area (Å²) in [4.78, 5) is 15.8. The number of amides is 1. The van der Waals surface area contributed by atoms with Crippen molar-refractivity contribution in [3.05, 3.63) is 0 Å². The van der Waals surface area contributed by atoms with E-state index in [1.807, 2.05) is 0 Å². The SMILES string of the molecule is CN1CCC(CC(=O)N(CCO)CCO)CC1. The van der Waals surface area contributed by atoms with E-state index >= 15 is 0 Å². The van der Waals surface area contributed by atoms with Crippen LogP contribution in [0.5, 0.6) is 0 Å². The number of rotatable bonds is 6. The van der Waals surface area contributed by atoms with E-state index in [9.17, 15) is 4.79 Å². The second-order valence-corrected chi connectivity index (χ2v) is 4.78. The van der Waals surface area contributed by atoms with Gasteiger partial charge in [0, 0.05) is 19.5 Å². The molecule has 0 spiro atoms. The second kappa shape index (κ2) is 7.63. The number of likely N-dealkylation sites (tertiary alicyclic amines) is 1. The quantitative estimate of drug-likeness (QED) is 0.663. The third kappa shape index (κ3) is 5.02. The Kier molecular flexibility index (Phi) is 6.47. The Morgan fingerprint density at radius 2 is 1.76 bits per heavy atom. The molecule has 1 fully saturated rings. The monoisotopic (exact) mass is 244 g/mol. The predicted octanol–water partition coefficient (Wildman–Crippen LogP) is -0.468. The van der Waals surface area contributed by atoms with Gasteiger partial charge >= 0.3 is 0 Å². The van der Waals surface area contributed by atoms with Crippen LogP contribution in [-0.2, 0) is 4.79 Å². The van der Waals surface area contributed by atoms with Crippen molar-refractivity contribution in [1.82, 2.24) is 9.80 Å². The molecule has 1 aliphatic heterocycles. The molecule has 5 nitrogen and oxygen atoms in total. The number of aliphatic hydroxyl groups is 2. The smallest absolute Gasteiger partial charge is 0.223 e. The van der Waals surface area contributed by atoms with Gasteiger partial charge in [0.25, 0.3) is 0 Å². The van der Waals surface area contributed by atoms with Crippen LogP contribution >= 0.6 is 0 Å². The maximum atomic E-state index is 12.0. The Labute approximate surface area is 103 Å². The van der Waals surface area contributed by atoms with Crippen molar-refractivity contribution in [2.45, 2.75) is 19.3 Å². The first-order valence-corrected chi connectivity index (χ1v) is 6.35. The maximum Gasteiger partial charge on any atom is 0.223 e. The molecule has 1 amide bonds. The van der Waals surface area contributed by atoms with E-state index in [1.54, 1.807) is 4.90 Å². The van der Waals surface area contributed by atoms with Crippen LogP contribution in [0.25, 0.3) is 0 Å². The summed E-state index contributed by atoms with van der Waals surface area (Å²) in [5, 5.41) is 17.7. The van der Waals surface area contributed by atoms with Crippen LogP contribution in [0.2, 0.25) is 0 Å². The lowest BCUT2D eigenvalue weighted by molar-refractivity contribution is -0.133. The first kappa shape index (κ1) is 14.4. The van der Waals surface area contributed by atoms with E-state index in [1.165, 1.54) is 0 Å². The van der Waals surface area contributed by atoms with Crippen LogP contribution in [-0.4, -0.2) is 72.4 Å². The fourth-order valence-corrected chi connectivity index (χ4v) is 2.24. The first-order chi connectivity index (χ1) is 8.17. The Morgan fingerprint density at radius 3 is 2.24 bits per heavy atom. The molecule has 2 N–H and O–H groups in total. The minimum atomic E-state index is -0.0425. The third-order valence-corrected chi connectivity index (χ3v) is 3.39. The lowest BCUT2D eigenvalue weighted by atomic mass is 9.93. The fraction of sp³-hybridized carbons (Fsp3) is 0.917. The van der Waals surface area contributed by atoms with Crippen molar-refractivity contribution < 1.29 is 15.0 Å². The summed E-state index contributed by atoms with van der Waals surface area (Å²) in [6, 6.07) is 0. The zero-order valence-corrected chi connectivity index (χ0v) is 10.6. The molecule has 0 saturated carbocycles. The van der Waals surface area contributed by atoms with E-state index in [2.05, 4.69) is 11.9 Å². The zero-order valence-electron chi connectivity index (χ0n) is 10.6. The third-order valence-electron chi connectivity index (χ3n) is 3.39. The summed E-state index contributed by atoms with van der Waals surface area (Å²) < 4.78 is 0. The van der Waals surface area contributed by atoms with Gasteiger partial charge < -0.3 is 20.0 Å². The first-order valence-electron chi connectivity index (χ1n) is 6.35. The molecule has 100 valence electrons. The van der Waals surface area contributed by atoms with E-state index in [4.69, 9.17) is 10.2 Å². The van der Waals surface area contributed by atoms with Crippen molar-refractivity contribution in [3.8, 4) is 0 Å². The minimum absolute atomic E-state index is 0.0425. The number of nitrogens with zero attached hydrogens (tertiary/aromatic N) is 2. The molecule has 0 aromatic rings. The zero-order chi connectivity index (χ0) is 12.7. The van der Waals surface area contributed by atoms with Gasteiger partial charge in [-0.15, -0.1) is 0 Å². The Morgan fingerprint density at radius 1 is 1.24 bits per heavy atom. The average Bonchev–Trinajstić information content (AvgIpc) is 2.32. The van der Waals surface area contributed by atoms with E-state index < -0.39 is 0 Å². The molecular formula is C12H24N2O3. The number of aliphatic hydroxyl groups excluding tert-OH is 2. The van der Waals surface area contributed by atoms with Crippen molar-refractivity contribution in [1.29, 1.82) is 0 Å². The number of hydrogen-bond donors (Lipinski definition) is 2. The minimum Gasteiger partial charge on any atom is -0.395 e. The summed E-state index contributed by atoms with van der Waals surface area (Å²) in [7, 11) is 2.10. The highest BCUT2D eigenvalue weighted by atomic mass is 16.3. The van der Waals surface area contributed by atoms with Gasteiger partial charge in [-0.3, -0.25) is 4.79 Å².